The van der Waals surface area contributed by atoms with Gasteiger partial charge in [0.2, 0.25) is 0 Å². The Bertz CT molecular complexity index is 1140. The molecule has 5 aliphatic rings. The number of hydroxylamine groups is 4. The van der Waals surface area contributed by atoms with E-state index < -0.39 is 0 Å². The Morgan fingerprint density at radius 2 is 0.827 bits per heavy atom. The Kier molecular flexibility index (Phi) is 14.4. The highest BCUT2D eigenvalue weighted by atomic mass is 16.7. The van der Waals surface area contributed by atoms with Gasteiger partial charge in [-0.1, -0.05) is 12.8 Å². The van der Waals surface area contributed by atoms with Crippen molar-refractivity contribution in [3.8, 4) is 0 Å². The molecule has 0 spiro atoms. The average molecular weight is 733 g/mol. The van der Waals surface area contributed by atoms with Crippen molar-refractivity contribution in [3.05, 3.63) is 0 Å². The Labute approximate surface area is 306 Å². The van der Waals surface area contributed by atoms with E-state index in [1.165, 1.54) is 0 Å². The number of carbonyl (C=O) groups excluding carboxylic acids is 4. The van der Waals surface area contributed by atoms with Crippen LogP contribution in [0.5, 0.6) is 0 Å². The number of piperidine rings is 2. The van der Waals surface area contributed by atoms with Gasteiger partial charge >= 0.3 is 24.0 Å². The van der Waals surface area contributed by atoms with Gasteiger partial charge < -0.3 is 51.4 Å². The van der Waals surface area contributed by atoms with E-state index in [-0.39, 0.29) is 47.8 Å². The van der Waals surface area contributed by atoms with E-state index in [2.05, 4.69) is 10.6 Å². The summed E-state index contributed by atoms with van der Waals surface area (Å²) in [5, 5.41) is 24.5. The molecule has 4 amide bonds. The zero-order valence-corrected chi connectivity index (χ0v) is 30.6. The molecule has 0 bridgehead atoms. The molecule has 52 heavy (non-hydrogen) atoms. The van der Waals surface area contributed by atoms with Crippen LogP contribution in [0.4, 0.5) is 9.59 Å². The summed E-state index contributed by atoms with van der Waals surface area (Å²) in [6.45, 7) is 7.88. The zero-order chi connectivity index (χ0) is 37.0. The van der Waals surface area contributed by atoms with Crippen LogP contribution in [-0.4, -0.2) is 157 Å². The summed E-state index contributed by atoms with van der Waals surface area (Å²) < 4.78 is 0. The minimum absolute atomic E-state index is 0.102. The fourth-order valence-electron chi connectivity index (χ4n) is 7.79. The zero-order valence-electron chi connectivity index (χ0n) is 30.6. The summed E-state index contributed by atoms with van der Waals surface area (Å²) >= 11 is 0. The van der Waals surface area contributed by atoms with Gasteiger partial charge in [-0.05, 0) is 63.2 Å². The minimum Gasteiger partial charge on any atom is -0.370 e. The molecule has 0 radical (unpaired) electrons. The molecule has 0 atom stereocenters. The monoisotopic (exact) mass is 732 g/mol. The lowest BCUT2D eigenvalue weighted by Gasteiger charge is -2.35. The van der Waals surface area contributed by atoms with Gasteiger partial charge in [-0.15, -0.1) is 10.1 Å². The summed E-state index contributed by atoms with van der Waals surface area (Å²) in [5.74, 6) is 0.0214. The first-order valence-corrected chi connectivity index (χ1v) is 19.2. The number of amides is 4. The number of hydrogen-bond donors (Lipinski definition) is 6. The smallest absolute Gasteiger partial charge is 0.328 e. The molecule has 5 rings (SSSR count). The summed E-state index contributed by atoms with van der Waals surface area (Å²) in [5.41, 5.74) is 11.1. The molecule has 4 aliphatic heterocycles. The van der Waals surface area contributed by atoms with Crippen LogP contribution in [0.1, 0.15) is 64.2 Å². The molecule has 0 aromatic heterocycles. The van der Waals surface area contributed by atoms with Crippen LogP contribution in [-0.2, 0) is 19.3 Å². The lowest BCUT2D eigenvalue weighted by Crippen LogP contribution is -2.53. The fourth-order valence-corrected chi connectivity index (χ4v) is 7.79. The van der Waals surface area contributed by atoms with E-state index >= 15 is 0 Å². The van der Waals surface area contributed by atoms with Gasteiger partial charge in [0.1, 0.15) is 0 Å². The lowest BCUT2D eigenvalue weighted by molar-refractivity contribution is -0.203. The Hall–Kier alpha value is -4.06. The second-order valence-corrected chi connectivity index (χ2v) is 14.9. The van der Waals surface area contributed by atoms with Crippen molar-refractivity contribution in [2.24, 2.45) is 35.1 Å². The predicted molar refractivity (Wildman–Crippen MR) is 192 cm³/mol. The molecular formula is C34H60N12O6. The average Bonchev–Trinajstić information content (AvgIpc) is 3.13. The number of nitrogens with one attached hydrogen (secondary N) is 4. The number of hydrogen-bond acceptors (Lipinski definition) is 10. The van der Waals surface area contributed by atoms with Gasteiger partial charge in [-0.3, -0.25) is 20.4 Å². The molecule has 0 aromatic carbocycles. The second kappa shape index (κ2) is 19.1. The highest BCUT2D eigenvalue weighted by Crippen LogP contribution is 2.28. The van der Waals surface area contributed by atoms with Gasteiger partial charge in [0.15, 0.2) is 11.9 Å². The van der Waals surface area contributed by atoms with Crippen LogP contribution in [0.15, 0.2) is 0 Å². The lowest BCUT2D eigenvalue weighted by atomic mass is 9.86. The molecule has 4 heterocycles. The SMILES string of the molecule is N=C(N)N1CCC(CNC(=O)N2CCN(OC(=O)C3CCCC(C(=O)ON4CCN(C(=O)NCC5CCN(C(=N)N)CC5)CC4)CCC3)CC2)CC1. The number of rotatable bonds is 8. The Morgan fingerprint density at radius 1 is 0.500 bits per heavy atom. The molecular weight excluding hydrogens is 672 g/mol. The minimum atomic E-state index is -0.240. The Morgan fingerprint density at radius 3 is 1.13 bits per heavy atom. The van der Waals surface area contributed by atoms with Gasteiger partial charge in [0, 0.05) is 65.4 Å². The molecule has 4 saturated heterocycles. The van der Waals surface area contributed by atoms with Gasteiger partial charge in [0.05, 0.1) is 38.0 Å². The number of piperazine rings is 2. The summed E-state index contributed by atoms with van der Waals surface area (Å²) in [7, 11) is 0. The topological polar surface area (TPSA) is 230 Å². The van der Waals surface area contributed by atoms with E-state index in [1.54, 1.807) is 19.9 Å². The first-order valence-electron chi connectivity index (χ1n) is 19.2. The van der Waals surface area contributed by atoms with Crippen LogP contribution in [0.2, 0.25) is 0 Å². The first-order chi connectivity index (χ1) is 25.0. The molecule has 5 fully saturated rings. The highest BCUT2D eigenvalue weighted by molar-refractivity contribution is 5.76. The summed E-state index contributed by atoms with van der Waals surface area (Å²) in [6.07, 6.45) is 7.63. The van der Waals surface area contributed by atoms with Crippen molar-refractivity contribution in [3.63, 3.8) is 0 Å². The third-order valence-electron chi connectivity index (χ3n) is 11.4. The van der Waals surface area contributed by atoms with Crippen molar-refractivity contribution in [2.45, 2.75) is 64.2 Å². The van der Waals surface area contributed by atoms with Gasteiger partial charge in [-0.2, -0.15) is 0 Å². The van der Waals surface area contributed by atoms with Crippen molar-refractivity contribution < 1.29 is 28.9 Å². The van der Waals surface area contributed by atoms with E-state index in [1.807, 2.05) is 9.80 Å². The fraction of sp³-hybridized carbons (Fsp3) is 0.824. The molecule has 8 N–H and O–H groups in total. The standard InChI is InChI=1S/C34H60N12O6/c35-31(36)41-11-7-25(8-12-41)23-39-33(49)43-15-19-45(20-16-43)51-29(47)27-3-1-4-28(6-2-5-27)30(48)52-46-21-17-44(18-22-46)34(50)40-24-26-9-13-42(14-10-26)32(37)38/h25-28H,1-24H2,(H3,35,36)(H3,37,38)(H,39,49)(H,40,50). The summed E-state index contributed by atoms with van der Waals surface area (Å²) in [4.78, 5) is 70.3. The number of guanidine groups is 2. The molecule has 18 nitrogen and oxygen atoms in total. The third-order valence-corrected chi connectivity index (χ3v) is 11.4. The molecule has 1 saturated carbocycles. The maximum absolute atomic E-state index is 13.1. The largest absolute Gasteiger partial charge is 0.370 e. The highest BCUT2D eigenvalue weighted by Gasteiger charge is 2.32. The first kappa shape index (κ1) is 39.2. The maximum atomic E-state index is 13.1. The van der Waals surface area contributed by atoms with Gasteiger partial charge in [0.25, 0.3) is 0 Å². The van der Waals surface area contributed by atoms with Crippen molar-refractivity contribution >= 4 is 35.9 Å². The van der Waals surface area contributed by atoms with Crippen molar-refractivity contribution in [2.75, 3.05) is 91.6 Å². The quantitative estimate of drug-likeness (QED) is 0.147. The number of nitrogens with zero attached hydrogens (tertiary/aromatic N) is 6. The van der Waals surface area contributed by atoms with Crippen LogP contribution in [0.3, 0.4) is 0 Å². The maximum Gasteiger partial charge on any atom is 0.328 e. The van der Waals surface area contributed by atoms with Crippen LogP contribution < -0.4 is 22.1 Å². The molecule has 18 heteroatoms. The Balaban J connectivity index is 0.914. The third kappa shape index (κ3) is 11.5. The normalized spacial score (nSPS) is 24.7. The molecule has 292 valence electrons. The number of likely N-dealkylation sites (tertiary alicyclic amines) is 2. The number of urea groups is 2. The van der Waals surface area contributed by atoms with Gasteiger partial charge in [-0.25, -0.2) is 9.59 Å². The van der Waals surface area contributed by atoms with Crippen LogP contribution in [0.25, 0.3) is 0 Å². The molecule has 1 aliphatic carbocycles. The summed E-state index contributed by atoms with van der Waals surface area (Å²) in [6, 6.07) is -0.206. The van der Waals surface area contributed by atoms with E-state index in [4.69, 9.17) is 32.0 Å². The second-order valence-electron chi connectivity index (χ2n) is 14.9. The molecule has 0 aromatic rings. The van der Waals surface area contributed by atoms with Crippen molar-refractivity contribution in [1.29, 1.82) is 10.8 Å². The molecule has 0 unspecified atom stereocenters. The van der Waals surface area contributed by atoms with Crippen LogP contribution in [0, 0.1) is 34.5 Å². The number of nitrogens with two attached hydrogens (primary N) is 2. The van der Waals surface area contributed by atoms with E-state index in [9.17, 15) is 19.2 Å². The van der Waals surface area contributed by atoms with E-state index in [0.717, 1.165) is 64.7 Å². The number of carbonyl (C=O) groups is 4. The van der Waals surface area contributed by atoms with E-state index in [0.29, 0.717) is 103 Å². The van der Waals surface area contributed by atoms with Crippen LogP contribution >= 0.6 is 0 Å². The van der Waals surface area contributed by atoms with Crippen molar-refractivity contribution in [1.82, 2.24) is 40.4 Å². The predicted octanol–water partition coefficient (Wildman–Crippen LogP) is 0.355.